The van der Waals surface area contributed by atoms with Crippen molar-refractivity contribution in [1.82, 2.24) is 34.9 Å². The number of fused-ring (bicyclic) bond motifs is 6. The van der Waals surface area contributed by atoms with Crippen molar-refractivity contribution in [3.05, 3.63) is 188 Å². The number of aromatic nitrogens is 7. The number of hydrogen-bond acceptors (Lipinski definition) is 7. The van der Waals surface area contributed by atoms with Gasteiger partial charge in [-0.15, -0.1) is 0 Å². The molecule has 282 valence electrons. The molecule has 0 radical (unpaired) electrons. The molecule has 60 heavy (non-hydrogen) atoms. The molecular weight excluding hydrogens is 735 g/mol. The molecule has 0 amide bonds. The quantitative estimate of drug-likeness (QED) is 0.123. The van der Waals surface area contributed by atoms with E-state index in [-0.39, 0.29) is 0 Å². The molecule has 11 rings (SSSR count). The van der Waals surface area contributed by atoms with Crippen molar-refractivity contribution in [2.75, 3.05) is 0 Å². The molecule has 0 aliphatic rings. The first-order valence-electron chi connectivity index (χ1n) is 20.0. The third-order valence-electron chi connectivity index (χ3n) is 11.5. The van der Waals surface area contributed by atoms with Crippen molar-refractivity contribution >= 4 is 43.4 Å². The van der Waals surface area contributed by atoms with Crippen molar-refractivity contribution < 1.29 is 0 Å². The number of pyridine rings is 4. The second-order valence-corrected chi connectivity index (χ2v) is 15.0. The SMILES string of the molecule is Cc1c2c(-c3ccncc3)nc3cc(-c4ccc(-c5nc(-c6ccccc6)nc(-c6ccccc6)n5)cc4)ccc3c2c(C)c2c(-c3ccncc3)nc3ccccc3c12. The molecule has 0 unspecified atom stereocenters. The van der Waals surface area contributed by atoms with Crippen molar-refractivity contribution in [1.29, 1.82) is 0 Å². The highest BCUT2D eigenvalue weighted by atomic mass is 15.0. The molecule has 0 atom stereocenters. The maximum absolute atomic E-state index is 5.49. The van der Waals surface area contributed by atoms with Crippen LogP contribution in [0.4, 0.5) is 0 Å². The van der Waals surface area contributed by atoms with Gasteiger partial charge in [-0.05, 0) is 83.3 Å². The summed E-state index contributed by atoms with van der Waals surface area (Å²) in [4.78, 5) is 34.2. The fraction of sp³-hybridized carbons (Fsp3) is 0.0377. The lowest BCUT2D eigenvalue weighted by Crippen LogP contribution is -2.00. The summed E-state index contributed by atoms with van der Waals surface area (Å²) in [5, 5.41) is 6.85. The van der Waals surface area contributed by atoms with Crippen LogP contribution >= 0.6 is 0 Å². The van der Waals surface area contributed by atoms with E-state index in [1.54, 1.807) is 0 Å². The normalized spacial score (nSPS) is 11.5. The van der Waals surface area contributed by atoms with Crippen LogP contribution < -0.4 is 0 Å². The van der Waals surface area contributed by atoms with Crippen molar-refractivity contribution in [2.24, 2.45) is 0 Å². The first kappa shape index (κ1) is 35.2. The Labute approximate surface area is 346 Å². The highest BCUT2D eigenvalue weighted by Gasteiger charge is 2.23. The number of hydrogen-bond donors (Lipinski definition) is 0. The van der Waals surface area contributed by atoms with Crippen molar-refractivity contribution in [3.63, 3.8) is 0 Å². The van der Waals surface area contributed by atoms with Gasteiger partial charge in [0.25, 0.3) is 0 Å². The van der Waals surface area contributed by atoms with E-state index in [2.05, 4.69) is 103 Å². The lowest BCUT2D eigenvalue weighted by atomic mass is 9.86. The molecule has 0 N–H and O–H groups in total. The lowest BCUT2D eigenvalue weighted by molar-refractivity contribution is 1.07. The summed E-state index contributed by atoms with van der Waals surface area (Å²) in [5.74, 6) is 1.89. The van der Waals surface area contributed by atoms with Gasteiger partial charge in [-0.2, -0.15) is 0 Å². The monoisotopic (exact) mass is 769 g/mol. The van der Waals surface area contributed by atoms with Crippen LogP contribution in [-0.4, -0.2) is 34.9 Å². The zero-order valence-corrected chi connectivity index (χ0v) is 32.9. The fourth-order valence-electron chi connectivity index (χ4n) is 8.60. The number of nitrogens with zero attached hydrogens (tertiary/aromatic N) is 7. The van der Waals surface area contributed by atoms with Crippen LogP contribution in [0.1, 0.15) is 11.1 Å². The molecule has 5 heterocycles. The van der Waals surface area contributed by atoms with E-state index < -0.39 is 0 Å². The lowest BCUT2D eigenvalue weighted by Gasteiger charge is -2.21. The van der Waals surface area contributed by atoms with E-state index in [1.807, 2.05) is 97.6 Å². The van der Waals surface area contributed by atoms with Crippen LogP contribution in [0.25, 0.3) is 111 Å². The minimum Gasteiger partial charge on any atom is -0.265 e. The minimum absolute atomic E-state index is 0.620. The molecule has 0 saturated heterocycles. The van der Waals surface area contributed by atoms with Gasteiger partial charge in [0.15, 0.2) is 17.5 Å². The summed E-state index contributed by atoms with van der Waals surface area (Å²) in [6.07, 6.45) is 7.36. The van der Waals surface area contributed by atoms with E-state index in [4.69, 9.17) is 24.9 Å². The highest BCUT2D eigenvalue weighted by molar-refractivity contribution is 6.25. The predicted molar refractivity (Wildman–Crippen MR) is 243 cm³/mol. The number of para-hydroxylation sites is 1. The zero-order valence-electron chi connectivity index (χ0n) is 32.9. The number of benzene rings is 6. The average molecular weight is 770 g/mol. The summed E-state index contributed by atoms with van der Waals surface area (Å²) >= 11 is 0. The zero-order chi connectivity index (χ0) is 40.2. The first-order chi connectivity index (χ1) is 29.6. The standard InChI is InChI=1S/C53H35N7/c1-32-45-41-15-9-10-16-43(41)56-49(35-23-27-54-28-24-35)47(45)33(2)46-42-22-21-40(31-44(42)57-50(48(32)46)36-25-29-55-30-26-36)34-17-19-39(20-18-34)53-59-51(37-11-5-3-6-12-37)58-52(60-53)38-13-7-4-8-14-38/h3-31H,1-2H3. The van der Waals surface area contributed by atoms with Gasteiger partial charge in [-0.25, -0.2) is 24.9 Å². The highest BCUT2D eigenvalue weighted by Crippen LogP contribution is 2.45. The van der Waals surface area contributed by atoms with Crippen LogP contribution in [0.2, 0.25) is 0 Å². The molecule has 7 nitrogen and oxygen atoms in total. The van der Waals surface area contributed by atoms with Gasteiger partial charge in [0.2, 0.25) is 0 Å². The Morgan fingerprint density at radius 1 is 0.300 bits per heavy atom. The fourth-order valence-corrected chi connectivity index (χ4v) is 8.60. The maximum atomic E-state index is 5.49. The Morgan fingerprint density at radius 2 is 0.717 bits per heavy atom. The summed E-state index contributed by atoms with van der Waals surface area (Å²) < 4.78 is 0. The second-order valence-electron chi connectivity index (χ2n) is 15.0. The molecule has 7 heteroatoms. The molecular formula is C53H35N7. The van der Waals surface area contributed by atoms with Crippen molar-refractivity contribution in [3.8, 4) is 67.8 Å². The molecule has 5 aromatic heterocycles. The van der Waals surface area contributed by atoms with Gasteiger partial charge in [0, 0.05) is 74.1 Å². The van der Waals surface area contributed by atoms with Crippen LogP contribution in [0.5, 0.6) is 0 Å². The van der Waals surface area contributed by atoms with E-state index in [0.717, 1.165) is 88.5 Å². The Balaban J connectivity index is 1.10. The van der Waals surface area contributed by atoms with E-state index in [9.17, 15) is 0 Å². The molecule has 0 fully saturated rings. The summed E-state index contributed by atoms with van der Waals surface area (Å²) in [7, 11) is 0. The van der Waals surface area contributed by atoms with Gasteiger partial charge >= 0.3 is 0 Å². The van der Waals surface area contributed by atoms with Crippen LogP contribution in [0.3, 0.4) is 0 Å². The predicted octanol–water partition coefficient (Wildman–Crippen LogP) is 12.7. The average Bonchev–Trinajstić information content (AvgIpc) is 3.33. The molecule has 0 aliphatic carbocycles. The molecule has 0 saturated carbocycles. The Bertz CT molecular complexity index is 3350. The van der Waals surface area contributed by atoms with Gasteiger partial charge in [-0.1, -0.05) is 115 Å². The van der Waals surface area contributed by atoms with Gasteiger partial charge in [0.1, 0.15) is 0 Å². The summed E-state index contributed by atoms with van der Waals surface area (Å²) in [5.41, 5.74) is 13.0. The second kappa shape index (κ2) is 14.4. The summed E-state index contributed by atoms with van der Waals surface area (Å²) in [6.45, 7) is 4.47. The Hall–Kier alpha value is -8.03. The number of rotatable bonds is 6. The van der Waals surface area contributed by atoms with Crippen LogP contribution in [0.15, 0.2) is 176 Å². The Kier molecular flexibility index (Phi) is 8.45. The van der Waals surface area contributed by atoms with E-state index in [0.29, 0.717) is 17.5 Å². The van der Waals surface area contributed by atoms with E-state index in [1.165, 1.54) is 16.3 Å². The van der Waals surface area contributed by atoms with Gasteiger partial charge in [0.05, 0.1) is 22.4 Å². The molecule has 0 aliphatic heterocycles. The largest absolute Gasteiger partial charge is 0.265 e. The smallest absolute Gasteiger partial charge is 0.164 e. The molecule has 6 aromatic carbocycles. The van der Waals surface area contributed by atoms with Gasteiger partial charge in [-0.3, -0.25) is 9.97 Å². The van der Waals surface area contributed by atoms with Crippen molar-refractivity contribution in [2.45, 2.75) is 13.8 Å². The molecule has 0 bridgehead atoms. The third-order valence-corrected chi connectivity index (χ3v) is 11.5. The van der Waals surface area contributed by atoms with E-state index >= 15 is 0 Å². The number of aryl methyl sites for hydroxylation is 2. The van der Waals surface area contributed by atoms with Crippen LogP contribution in [0, 0.1) is 13.8 Å². The molecule has 11 aromatic rings. The summed E-state index contributed by atoms with van der Waals surface area (Å²) in [6, 6.07) is 51.8. The molecule has 0 spiro atoms. The minimum atomic E-state index is 0.620. The topological polar surface area (TPSA) is 90.2 Å². The first-order valence-corrected chi connectivity index (χ1v) is 20.0. The maximum Gasteiger partial charge on any atom is 0.164 e. The van der Waals surface area contributed by atoms with Crippen LogP contribution in [-0.2, 0) is 0 Å². The Morgan fingerprint density at radius 3 is 1.25 bits per heavy atom. The van der Waals surface area contributed by atoms with Gasteiger partial charge < -0.3 is 0 Å². The third kappa shape index (κ3) is 5.95.